The van der Waals surface area contributed by atoms with Crippen LogP contribution in [0, 0.1) is 0 Å². The summed E-state index contributed by atoms with van der Waals surface area (Å²) in [5, 5.41) is 3.27. The Bertz CT molecular complexity index is 348. The Labute approximate surface area is 97.8 Å². The van der Waals surface area contributed by atoms with Crippen molar-refractivity contribution in [3.8, 4) is 11.5 Å². The maximum atomic E-state index is 5.56. The van der Waals surface area contributed by atoms with Gasteiger partial charge in [-0.25, -0.2) is 0 Å². The van der Waals surface area contributed by atoms with Gasteiger partial charge in [0, 0.05) is 11.1 Å². The number of nitrogens with one attached hydrogen (secondary N) is 1. The summed E-state index contributed by atoms with van der Waals surface area (Å²) in [5.41, 5.74) is 0.960. The average Bonchev–Trinajstić information content (AvgIpc) is 2.29. The number of benzene rings is 1. The van der Waals surface area contributed by atoms with Crippen LogP contribution in [0.4, 0.5) is 0 Å². The molecule has 90 valence electrons. The first-order valence-corrected chi connectivity index (χ1v) is 5.56. The molecule has 0 radical (unpaired) electrons. The minimum absolute atomic E-state index is 0.140. The highest BCUT2D eigenvalue weighted by Gasteiger charge is 2.24. The van der Waals surface area contributed by atoms with Gasteiger partial charge in [-0.1, -0.05) is 12.1 Å². The number of rotatable bonds is 5. The minimum Gasteiger partial charge on any atom is -0.493 e. The van der Waals surface area contributed by atoms with E-state index in [0.29, 0.717) is 6.61 Å². The Balaban J connectivity index is 3.23. The molecule has 0 aliphatic carbocycles. The fourth-order valence-corrected chi connectivity index (χ4v) is 1.62. The molecule has 16 heavy (non-hydrogen) atoms. The summed E-state index contributed by atoms with van der Waals surface area (Å²) in [5.74, 6) is 1.61. The average molecular weight is 223 g/mol. The SMILES string of the molecule is CCOc1cccc(C(C)(C)NC)c1OC. The predicted molar refractivity (Wildman–Crippen MR) is 66.2 cm³/mol. The van der Waals surface area contributed by atoms with Crippen LogP contribution in [0.2, 0.25) is 0 Å². The van der Waals surface area contributed by atoms with Crippen LogP contribution < -0.4 is 14.8 Å². The fraction of sp³-hybridized carbons (Fsp3) is 0.538. The summed E-state index contributed by atoms with van der Waals surface area (Å²) in [4.78, 5) is 0. The van der Waals surface area contributed by atoms with Crippen LogP contribution in [0.5, 0.6) is 11.5 Å². The molecular weight excluding hydrogens is 202 g/mol. The summed E-state index contributed by atoms with van der Waals surface area (Å²) in [6, 6.07) is 5.97. The standard InChI is InChI=1S/C13H21NO2/c1-6-16-11-9-7-8-10(12(11)15-5)13(2,3)14-4/h7-9,14H,6H2,1-5H3. The Hall–Kier alpha value is -1.22. The molecule has 0 spiro atoms. The second kappa shape index (κ2) is 5.21. The highest BCUT2D eigenvalue weighted by molar-refractivity contribution is 5.49. The second-order valence-corrected chi connectivity index (χ2v) is 4.14. The Kier molecular flexibility index (Phi) is 4.19. The fourth-order valence-electron chi connectivity index (χ4n) is 1.62. The summed E-state index contributed by atoms with van der Waals surface area (Å²) >= 11 is 0. The lowest BCUT2D eigenvalue weighted by Gasteiger charge is -2.27. The predicted octanol–water partition coefficient (Wildman–Crippen LogP) is 2.55. The van der Waals surface area contributed by atoms with Gasteiger partial charge in [0.05, 0.1) is 13.7 Å². The summed E-state index contributed by atoms with van der Waals surface area (Å²) in [7, 11) is 3.61. The van der Waals surface area contributed by atoms with Crippen molar-refractivity contribution in [2.24, 2.45) is 0 Å². The smallest absolute Gasteiger partial charge is 0.165 e. The molecule has 0 aliphatic heterocycles. The van der Waals surface area contributed by atoms with Gasteiger partial charge in [-0.2, -0.15) is 0 Å². The molecule has 3 nitrogen and oxygen atoms in total. The lowest BCUT2D eigenvalue weighted by molar-refractivity contribution is 0.302. The van der Waals surface area contributed by atoms with E-state index in [-0.39, 0.29) is 5.54 Å². The summed E-state index contributed by atoms with van der Waals surface area (Å²) in [6.45, 7) is 6.83. The van der Waals surface area contributed by atoms with E-state index >= 15 is 0 Å². The molecule has 1 aromatic rings. The normalized spacial score (nSPS) is 11.3. The molecule has 0 saturated heterocycles. The van der Waals surface area contributed by atoms with Crippen LogP contribution in [0.3, 0.4) is 0 Å². The molecule has 0 atom stereocenters. The third-order valence-electron chi connectivity index (χ3n) is 2.78. The highest BCUT2D eigenvalue weighted by atomic mass is 16.5. The zero-order valence-corrected chi connectivity index (χ0v) is 10.8. The highest BCUT2D eigenvalue weighted by Crippen LogP contribution is 2.37. The van der Waals surface area contributed by atoms with Crippen LogP contribution in [0.1, 0.15) is 26.3 Å². The molecule has 0 aliphatic rings. The van der Waals surface area contributed by atoms with Crippen LogP contribution in [0.15, 0.2) is 18.2 Å². The van der Waals surface area contributed by atoms with Gasteiger partial charge in [0.25, 0.3) is 0 Å². The first-order valence-electron chi connectivity index (χ1n) is 5.56. The van der Waals surface area contributed by atoms with Gasteiger partial charge in [0.1, 0.15) is 0 Å². The van der Waals surface area contributed by atoms with Crippen molar-refractivity contribution in [1.82, 2.24) is 5.32 Å². The van der Waals surface area contributed by atoms with Crippen LogP contribution in [0.25, 0.3) is 0 Å². The van der Waals surface area contributed by atoms with Gasteiger partial charge in [0.2, 0.25) is 0 Å². The largest absolute Gasteiger partial charge is 0.493 e. The van der Waals surface area contributed by atoms with Gasteiger partial charge in [-0.15, -0.1) is 0 Å². The summed E-state index contributed by atoms with van der Waals surface area (Å²) < 4.78 is 11.0. The lowest BCUT2D eigenvalue weighted by Crippen LogP contribution is -2.33. The first-order chi connectivity index (χ1) is 7.56. The Morgan fingerprint density at radius 2 is 2.00 bits per heavy atom. The Morgan fingerprint density at radius 3 is 2.50 bits per heavy atom. The van der Waals surface area contributed by atoms with Crippen molar-refractivity contribution >= 4 is 0 Å². The molecule has 3 heteroatoms. The van der Waals surface area contributed by atoms with Gasteiger partial charge < -0.3 is 14.8 Å². The summed E-state index contributed by atoms with van der Waals surface area (Å²) in [6.07, 6.45) is 0. The van der Waals surface area contributed by atoms with E-state index < -0.39 is 0 Å². The lowest BCUT2D eigenvalue weighted by atomic mass is 9.93. The monoisotopic (exact) mass is 223 g/mol. The molecule has 1 aromatic carbocycles. The van der Waals surface area contributed by atoms with Crippen molar-refractivity contribution in [2.45, 2.75) is 26.3 Å². The maximum Gasteiger partial charge on any atom is 0.165 e. The molecule has 1 rings (SSSR count). The molecule has 1 N–H and O–H groups in total. The van der Waals surface area contributed by atoms with E-state index in [1.165, 1.54) is 0 Å². The van der Waals surface area contributed by atoms with Crippen molar-refractivity contribution in [3.63, 3.8) is 0 Å². The van der Waals surface area contributed by atoms with Crippen LogP contribution in [-0.2, 0) is 5.54 Å². The molecular formula is C13H21NO2. The van der Waals surface area contributed by atoms with Gasteiger partial charge >= 0.3 is 0 Å². The van der Waals surface area contributed by atoms with Crippen LogP contribution >= 0.6 is 0 Å². The van der Waals surface area contributed by atoms with Crippen molar-refractivity contribution in [2.75, 3.05) is 20.8 Å². The van der Waals surface area contributed by atoms with Gasteiger partial charge in [0.15, 0.2) is 11.5 Å². The molecule has 0 unspecified atom stereocenters. The number of hydrogen-bond acceptors (Lipinski definition) is 3. The minimum atomic E-state index is -0.140. The van der Waals surface area contributed by atoms with Crippen molar-refractivity contribution in [3.05, 3.63) is 23.8 Å². The quantitative estimate of drug-likeness (QED) is 0.832. The third-order valence-corrected chi connectivity index (χ3v) is 2.78. The van der Waals surface area contributed by atoms with Crippen LogP contribution in [-0.4, -0.2) is 20.8 Å². The van der Waals surface area contributed by atoms with Crippen molar-refractivity contribution < 1.29 is 9.47 Å². The number of methoxy groups -OCH3 is 1. The molecule has 0 heterocycles. The van der Waals surface area contributed by atoms with E-state index in [1.807, 2.05) is 26.1 Å². The van der Waals surface area contributed by atoms with Gasteiger partial charge in [-0.3, -0.25) is 0 Å². The molecule has 0 fully saturated rings. The number of ether oxygens (including phenoxy) is 2. The first kappa shape index (κ1) is 12.8. The van der Waals surface area contributed by atoms with Crippen molar-refractivity contribution in [1.29, 1.82) is 0 Å². The molecule has 0 amide bonds. The van der Waals surface area contributed by atoms with E-state index in [4.69, 9.17) is 9.47 Å². The molecule has 0 bridgehead atoms. The number of hydrogen-bond donors (Lipinski definition) is 1. The third kappa shape index (κ3) is 2.47. The van der Waals surface area contributed by atoms with E-state index in [1.54, 1.807) is 7.11 Å². The van der Waals surface area contributed by atoms with E-state index in [9.17, 15) is 0 Å². The Morgan fingerprint density at radius 1 is 1.31 bits per heavy atom. The number of para-hydroxylation sites is 1. The zero-order chi connectivity index (χ0) is 12.2. The van der Waals surface area contributed by atoms with E-state index in [0.717, 1.165) is 17.1 Å². The topological polar surface area (TPSA) is 30.5 Å². The van der Waals surface area contributed by atoms with E-state index in [2.05, 4.69) is 25.2 Å². The molecule has 0 aromatic heterocycles. The zero-order valence-electron chi connectivity index (χ0n) is 10.8. The maximum absolute atomic E-state index is 5.56. The molecule has 0 saturated carbocycles. The van der Waals surface area contributed by atoms with Gasteiger partial charge in [-0.05, 0) is 33.9 Å². The second-order valence-electron chi connectivity index (χ2n) is 4.14.